The van der Waals surface area contributed by atoms with Gasteiger partial charge in [-0.2, -0.15) is 0 Å². The number of nitrogens with one attached hydrogen (secondary N) is 1. The molecule has 0 bridgehead atoms. The highest BCUT2D eigenvalue weighted by Crippen LogP contribution is 2.38. The molecule has 134 valence electrons. The molecular formula is C19H24N2O3S. The third-order valence-corrected chi connectivity index (χ3v) is 6.76. The fourth-order valence-corrected chi connectivity index (χ4v) is 4.98. The van der Waals surface area contributed by atoms with Gasteiger partial charge in [-0.25, -0.2) is 0 Å². The van der Waals surface area contributed by atoms with E-state index in [1.54, 1.807) is 11.8 Å². The van der Waals surface area contributed by atoms with E-state index in [1.165, 1.54) is 23.3 Å². The van der Waals surface area contributed by atoms with Crippen LogP contribution in [0.25, 0.3) is 0 Å². The average Bonchev–Trinajstić information content (AvgIpc) is 3.23. The van der Waals surface area contributed by atoms with E-state index in [9.17, 15) is 9.59 Å². The minimum atomic E-state index is -0.756. The van der Waals surface area contributed by atoms with Crippen molar-refractivity contribution >= 4 is 23.6 Å². The maximum atomic E-state index is 12.5. The number of amides is 1. The number of hydrogen-bond donors (Lipinski definition) is 2. The van der Waals surface area contributed by atoms with E-state index >= 15 is 0 Å². The fourth-order valence-electron chi connectivity index (χ4n) is 3.77. The molecule has 5 nitrogen and oxygen atoms in total. The normalized spacial score (nSPS) is 27.6. The molecule has 2 fully saturated rings. The molecule has 1 atom stereocenters. The summed E-state index contributed by atoms with van der Waals surface area (Å²) >= 11 is 1.65. The summed E-state index contributed by atoms with van der Waals surface area (Å²) in [7, 11) is 0. The maximum Gasteiger partial charge on any atom is 0.317 e. The average molecular weight is 360 g/mol. The summed E-state index contributed by atoms with van der Waals surface area (Å²) in [6, 6.07) is 8.70. The first kappa shape index (κ1) is 16.9. The van der Waals surface area contributed by atoms with Crippen LogP contribution in [0.15, 0.2) is 29.2 Å². The smallest absolute Gasteiger partial charge is 0.317 e. The number of fused-ring (bicyclic) bond motifs is 1. The van der Waals surface area contributed by atoms with E-state index in [-0.39, 0.29) is 23.7 Å². The van der Waals surface area contributed by atoms with Gasteiger partial charge in [-0.1, -0.05) is 18.2 Å². The second-order valence-corrected chi connectivity index (χ2v) is 8.76. The number of carbonyl (C=O) groups excluding carboxylic acids is 1. The second-order valence-electron chi connectivity index (χ2n) is 7.52. The molecule has 1 aromatic carbocycles. The first-order valence-corrected chi connectivity index (χ1v) is 9.97. The van der Waals surface area contributed by atoms with Gasteiger partial charge >= 0.3 is 5.97 Å². The second kappa shape index (κ2) is 7.00. The number of hydrogen-bond acceptors (Lipinski definition) is 4. The Kier molecular flexibility index (Phi) is 4.73. The van der Waals surface area contributed by atoms with Gasteiger partial charge in [0.05, 0.1) is 11.8 Å². The molecule has 1 aliphatic heterocycles. The Balaban J connectivity index is 1.25. The molecule has 3 aliphatic rings. The molecule has 2 N–H and O–H groups in total. The summed E-state index contributed by atoms with van der Waals surface area (Å²) < 4.78 is 0. The molecule has 0 aromatic heterocycles. The van der Waals surface area contributed by atoms with Crippen LogP contribution in [0.4, 0.5) is 0 Å². The van der Waals surface area contributed by atoms with Crippen LogP contribution < -0.4 is 5.32 Å². The monoisotopic (exact) mass is 360 g/mol. The van der Waals surface area contributed by atoms with Crippen molar-refractivity contribution in [1.82, 2.24) is 10.2 Å². The zero-order chi connectivity index (χ0) is 17.4. The molecule has 25 heavy (non-hydrogen) atoms. The highest BCUT2D eigenvalue weighted by molar-refractivity contribution is 8.01. The molecule has 2 saturated carbocycles. The minimum absolute atomic E-state index is 0.0296. The van der Waals surface area contributed by atoms with Crippen molar-refractivity contribution in [2.45, 2.75) is 54.3 Å². The number of rotatable bonds is 7. The first-order valence-electron chi connectivity index (χ1n) is 9.09. The van der Waals surface area contributed by atoms with Crippen molar-refractivity contribution < 1.29 is 14.7 Å². The topological polar surface area (TPSA) is 69.6 Å². The van der Waals surface area contributed by atoms with Crippen LogP contribution in [0.2, 0.25) is 0 Å². The van der Waals surface area contributed by atoms with Crippen molar-refractivity contribution in [2.75, 3.05) is 13.1 Å². The third-order valence-electron chi connectivity index (χ3n) is 5.44. The van der Waals surface area contributed by atoms with Crippen molar-refractivity contribution in [3.8, 4) is 0 Å². The number of nitrogens with zero attached hydrogens (tertiary/aromatic N) is 1. The Morgan fingerprint density at radius 3 is 2.68 bits per heavy atom. The van der Waals surface area contributed by atoms with E-state index in [4.69, 9.17) is 5.11 Å². The van der Waals surface area contributed by atoms with Crippen LogP contribution in [0, 0.1) is 5.92 Å². The standard InChI is InChI=1S/C19H24N2O3S/c22-18(23)11-21(10-12-5-6-12)15-8-14(9-15)20-19(24)17-7-13-3-1-2-4-16(13)25-17/h1-4,12,14-15,17H,5-11H2,(H,20,24)(H,22,23). The Morgan fingerprint density at radius 2 is 2.00 bits per heavy atom. The van der Waals surface area contributed by atoms with Gasteiger partial charge < -0.3 is 10.4 Å². The molecule has 0 radical (unpaired) electrons. The van der Waals surface area contributed by atoms with Crippen molar-refractivity contribution in [3.05, 3.63) is 29.8 Å². The van der Waals surface area contributed by atoms with Crippen LogP contribution >= 0.6 is 11.8 Å². The Morgan fingerprint density at radius 1 is 1.24 bits per heavy atom. The highest BCUT2D eigenvalue weighted by Gasteiger charge is 2.39. The van der Waals surface area contributed by atoms with Crippen LogP contribution in [-0.4, -0.2) is 52.3 Å². The van der Waals surface area contributed by atoms with Crippen molar-refractivity contribution in [2.24, 2.45) is 5.92 Å². The number of thioether (sulfide) groups is 1. The van der Waals surface area contributed by atoms with Crippen molar-refractivity contribution in [1.29, 1.82) is 0 Å². The summed E-state index contributed by atoms with van der Waals surface area (Å²) in [6.45, 7) is 1.01. The maximum absolute atomic E-state index is 12.5. The lowest BCUT2D eigenvalue weighted by molar-refractivity contribution is -0.140. The van der Waals surface area contributed by atoms with Gasteiger partial charge in [0.15, 0.2) is 0 Å². The van der Waals surface area contributed by atoms with Gasteiger partial charge in [-0.15, -0.1) is 11.8 Å². The quantitative estimate of drug-likeness (QED) is 0.780. The van der Waals surface area contributed by atoms with Crippen LogP contribution in [0.3, 0.4) is 0 Å². The number of carboxylic acid groups (broad SMARTS) is 1. The zero-order valence-corrected chi connectivity index (χ0v) is 15.0. The van der Waals surface area contributed by atoms with Crippen LogP contribution in [0.1, 0.15) is 31.2 Å². The third kappa shape index (κ3) is 4.01. The lowest BCUT2D eigenvalue weighted by Crippen LogP contribution is -2.56. The van der Waals surface area contributed by atoms with E-state index in [2.05, 4.69) is 22.3 Å². The molecule has 1 aromatic rings. The Bertz CT molecular complexity index is 645. The van der Waals surface area contributed by atoms with E-state index in [0.717, 1.165) is 25.8 Å². The molecule has 2 aliphatic carbocycles. The number of carbonyl (C=O) groups is 2. The highest BCUT2D eigenvalue weighted by atomic mass is 32.2. The van der Waals surface area contributed by atoms with E-state index in [0.29, 0.717) is 12.0 Å². The molecular weight excluding hydrogens is 336 g/mol. The first-order chi connectivity index (χ1) is 12.1. The minimum Gasteiger partial charge on any atom is -0.480 e. The molecule has 1 heterocycles. The largest absolute Gasteiger partial charge is 0.480 e. The fraction of sp³-hybridized carbons (Fsp3) is 0.579. The molecule has 4 rings (SSSR count). The lowest BCUT2D eigenvalue weighted by atomic mass is 9.85. The van der Waals surface area contributed by atoms with Gasteiger partial charge in [0.1, 0.15) is 0 Å². The summed E-state index contributed by atoms with van der Waals surface area (Å²) in [5, 5.41) is 12.2. The molecule has 1 unspecified atom stereocenters. The SMILES string of the molecule is O=C(O)CN(CC1CC1)C1CC(NC(=O)C2Cc3ccccc3S2)C1. The van der Waals surface area contributed by atoms with Gasteiger partial charge in [-0.3, -0.25) is 14.5 Å². The number of aliphatic carboxylic acids is 1. The molecule has 1 amide bonds. The molecule has 6 heteroatoms. The zero-order valence-electron chi connectivity index (χ0n) is 14.2. The van der Waals surface area contributed by atoms with Crippen LogP contribution in [0.5, 0.6) is 0 Å². The summed E-state index contributed by atoms with van der Waals surface area (Å²) in [5.41, 5.74) is 1.26. The molecule has 0 saturated heterocycles. The van der Waals surface area contributed by atoms with E-state index < -0.39 is 5.97 Å². The summed E-state index contributed by atoms with van der Waals surface area (Å²) in [6.07, 6.45) is 4.99. The van der Waals surface area contributed by atoms with Gasteiger partial charge in [0.2, 0.25) is 5.91 Å². The summed E-state index contributed by atoms with van der Waals surface area (Å²) in [5.74, 6) is 0.0475. The van der Waals surface area contributed by atoms with Crippen molar-refractivity contribution in [3.63, 3.8) is 0 Å². The van der Waals surface area contributed by atoms with Gasteiger partial charge in [0, 0.05) is 23.5 Å². The number of benzene rings is 1. The summed E-state index contributed by atoms with van der Waals surface area (Å²) in [4.78, 5) is 26.9. The van der Waals surface area contributed by atoms with Gasteiger partial charge in [-0.05, 0) is 49.7 Å². The predicted molar refractivity (Wildman–Crippen MR) is 96.7 cm³/mol. The lowest BCUT2D eigenvalue weighted by Gasteiger charge is -2.43. The Hall–Kier alpha value is -1.53. The molecule has 0 spiro atoms. The van der Waals surface area contributed by atoms with Gasteiger partial charge in [0.25, 0.3) is 0 Å². The Labute approximate surface area is 152 Å². The van der Waals surface area contributed by atoms with Crippen LogP contribution in [-0.2, 0) is 16.0 Å². The predicted octanol–water partition coefficient (Wildman–Crippen LogP) is 2.15. The number of carboxylic acids is 1. The van der Waals surface area contributed by atoms with E-state index in [1.807, 2.05) is 12.1 Å².